The van der Waals surface area contributed by atoms with Crippen LogP contribution in [0, 0.1) is 0 Å². The molecule has 3 heteroatoms. The standard InChI is InChI=1S/C17H11N2.C5H5.Fe/c1-2-5-12(4-1)15-10-9-14-8-7-13-6-3-11-18-16(13)17(14)19-15;1-2-4-5-3-1;/h1-11H;1-5H;/q2*-1;+2. The molecule has 0 aliphatic carbocycles. The number of aromatic nitrogens is 2. The second-order valence-corrected chi connectivity index (χ2v) is 5.54. The first-order valence-corrected chi connectivity index (χ1v) is 7.95. The average molecular weight is 364 g/mol. The van der Waals surface area contributed by atoms with Crippen LogP contribution in [0.2, 0.25) is 0 Å². The Morgan fingerprint density at radius 1 is 0.720 bits per heavy atom. The molecule has 0 fully saturated rings. The van der Waals surface area contributed by atoms with Crippen molar-refractivity contribution < 1.29 is 17.1 Å². The van der Waals surface area contributed by atoms with Crippen molar-refractivity contribution >= 4 is 21.8 Å². The van der Waals surface area contributed by atoms with E-state index in [9.17, 15) is 0 Å². The minimum absolute atomic E-state index is 0. The SMILES string of the molecule is [Fe+2].c1cc[cH-]c1.c1cnc2c(c1)ccc1ccc(-[c-]3cccc3)nc12. The number of pyridine rings is 2. The molecule has 3 aromatic carbocycles. The second-order valence-electron chi connectivity index (χ2n) is 5.54. The summed E-state index contributed by atoms with van der Waals surface area (Å²) in [5, 5.41) is 2.25. The van der Waals surface area contributed by atoms with Gasteiger partial charge in [-0.2, -0.15) is 30.3 Å². The van der Waals surface area contributed by atoms with E-state index in [2.05, 4.69) is 47.4 Å². The molecule has 0 saturated carbocycles. The largest absolute Gasteiger partial charge is 2.00 e. The first-order valence-electron chi connectivity index (χ1n) is 7.95. The van der Waals surface area contributed by atoms with Gasteiger partial charge in [0, 0.05) is 11.6 Å². The van der Waals surface area contributed by atoms with Crippen molar-refractivity contribution in [2.75, 3.05) is 0 Å². The summed E-state index contributed by atoms with van der Waals surface area (Å²) in [5.41, 5.74) is 4.08. The van der Waals surface area contributed by atoms with Gasteiger partial charge < -0.3 is 0 Å². The fourth-order valence-electron chi connectivity index (χ4n) is 2.75. The third kappa shape index (κ3) is 3.69. The predicted molar refractivity (Wildman–Crippen MR) is 100 cm³/mol. The van der Waals surface area contributed by atoms with Gasteiger partial charge >= 0.3 is 17.1 Å². The monoisotopic (exact) mass is 364 g/mol. The predicted octanol–water partition coefficient (Wildman–Crippen LogP) is 5.57. The zero-order valence-corrected chi connectivity index (χ0v) is 14.6. The van der Waals surface area contributed by atoms with E-state index < -0.39 is 0 Å². The van der Waals surface area contributed by atoms with Gasteiger partial charge in [0.1, 0.15) is 0 Å². The van der Waals surface area contributed by atoms with Crippen molar-refractivity contribution in [3.05, 3.63) is 97.2 Å². The van der Waals surface area contributed by atoms with Crippen LogP contribution in [0.25, 0.3) is 33.1 Å². The van der Waals surface area contributed by atoms with Crippen molar-refractivity contribution in [3.8, 4) is 11.3 Å². The molecule has 0 unspecified atom stereocenters. The maximum absolute atomic E-state index is 4.78. The normalized spacial score (nSPS) is 10.1. The van der Waals surface area contributed by atoms with Gasteiger partial charge in [-0.3, -0.25) is 9.97 Å². The maximum atomic E-state index is 4.78. The maximum Gasteiger partial charge on any atom is 2.00 e. The number of rotatable bonds is 1. The van der Waals surface area contributed by atoms with Crippen LogP contribution in [0.15, 0.2) is 97.2 Å². The fraction of sp³-hybridized carbons (Fsp3) is 0. The molecule has 2 heterocycles. The van der Waals surface area contributed by atoms with Gasteiger partial charge in [-0.15, -0.1) is 18.2 Å². The van der Waals surface area contributed by atoms with E-state index in [-0.39, 0.29) is 17.1 Å². The summed E-state index contributed by atoms with van der Waals surface area (Å²) >= 11 is 0. The summed E-state index contributed by atoms with van der Waals surface area (Å²) in [6.45, 7) is 0. The number of hydrogen-bond acceptors (Lipinski definition) is 2. The van der Waals surface area contributed by atoms with Crippen LogP contribution in [-0.2, 0) is 17.1 Å². The van der Waals surface area contributed by atoms with Gasteiger partial charge in [-0.25, -0.2) is 12.1 Å². The molecule has 5 rings (SSSR count). The van der Waals surface area contributed by atoms with Crippen molar-refractivity contribution in [2.24, 2.45) is 0 Å². The number of benzene rings is 1. The van der Waals surface area contributed by atoms with Crippen LogP contribution in [0.4, 0.5) is 0 Å². The van der Waals surface area contributed by atoms with Crippen molar-refractivity contribution in [1.82, 2.24) is 9.97 Å². The third-order valence-electron chi connectivity index (χ3n) is 3.95. The van der Waals surface area contributed by atoms with E-state index in [1.54, 1.807) is 0 Å². The Kier molecular flexibility index (Phi) is 5.39. The Balaban J connectivity index is 0.000000264. The van der Waals surface area contributed by atoms with Gasteiger partial charge in [-0.1, -0.05) is 29.8 Å². The van der Waals surface area contributed by atoms with Crippen LogP contribution >= 0.6 is 0 Å². The van der Waals surface area contributed by atoms with Crippen molar-refractivity contribution in [1.29, 1.82) is 0 Å². The number of hydrogen-bond donors (Lipinski definition) is 0. The average Bonchev–Trinajstić information content (AvgIpc) is 3.37. The van der Waals surface area contributed by atoms with Crippen LogP contribution in [0.3, 0.4) is 0 Å². The van der Waals surface area contributed by atoms with Gasteiger partial charge in [0.15, 0.2) is 0 Å². The molecule has 0 bridgehead atoms. The topological polar surface area (TPSA) is 25.8 Å². The summed E-state index contributed by atoms with van der Waals surface area (Å²) in [7, 11) is 0. The zero-order valence-electron chi connectivity index (χ0n) is 13.5. The van der Waals surface area contributed by atoms with Gasteiger partial charge in [0.2, 0.25) is 0 Å². The van der Waals surface area contributed by atoms with E-state index in [0.717, 1.165) is 33.1 Å². The molecule has 0 saturated heterocycles. The molecule has 0 spiro atoms. The third-order valence-corrected chi connectivity index (χ3v) is 3.95. The van der Waals surface area contributed by atoms with Gasteiger partial charge in [0.25, 0.3) is 0 Å². The molecule has 0 N–H and O–H groups in total. The number of nitrogens with zero attached hydrogens (tertiary/aromatic N) is 2. The molecule has 0 atom stereocenters. The fourth-order valence-corrected chi connectivity index (χ4v) is 2.75. The smallest absolute Gasteiger partial charge is 0.265 e. The molecule has 25 heavy (non-hydrogen) atoms. The van der Waals surface area contributed by atoms with Crippen LogP contribution in [0.1, 0.15) is 0 Å². The Morgan fingerprint density at radius 3 is 2.08 bits per heavy atom. The van der Waals surface area contributed by atoms with Gasteiger partial charge in [-0.05, 0) is 17.1 Å². The van der Waals surface area contributed by atoms with Crippen molar-refractivity contribution in [3.63, 3.8) is 0 Å². The summed E-state index contributed by atoms with van der Waals surface area (Å²) < 4.78 is 0. The molecule has 2 nitrogen and oxygen atoms in total. The summed E-state index contributed by atoms with van der Waals surface area (Å²) in [5.74, 6) is 0. The second kappa shape index (κ2) is 7.89. The molecular formula is C22H16FeN2. The molecule has 2 aromatic heterocycles. The van der Waals surface area contributed by atoms with E-state index >= 15 is 0 Å². The minimum atomic E-state index is 0. The summed E-state index contributed by atoms with van der Waals surface area (Å²) in [4.78, 5) is 9.25. The van der Waals surface area contributed by atoms with Gasteiger partial charge in [0.05, 0.1) is 11.0 Å². The molecule has 5 aromatic rings. The van der Waals surface area contributed by atoms with Crippen LogP contribution in [-0.4, -0.2) is 9.97 Å². The molecule has 0 radical (unpaired) electrons. The first-order chi connectivity index (χ1) is 11.9. The molecule has 0 aliphatic heterocycles. The van der Waals surface area contributed by atoms with E-state index in [1.807, 2.05) is 54.7 Å². The molecular weight excluding hydrogens is 348 g/mol. The minimum Gasteiger partial charge on any atom is -0.265 e. The van der Waals surface area contributed by atoms with E-state index in [0.29, 0.717) is 0 Å². The number of fused-ring (bicyclic) bond motifs is 3. The van der Waals surface area contributed by atoms with E-state index in [4.69, 9.17) is 4.98 Å². The molecule has 122 valence electrons. The Labute approximate surface area is 157 Å². The van der Waals surface area contributed by atoms with Crippen LogP contribution < -0.4 is 0 Å². The quantitative estimate of drug-likeness (QED) is 0.221. The zero-order chi connectivity index (χ0) is 16.2. The Morgan fingerprint density at radius 2 is 1.40 bits per heavy atom. The molecule has 0 amide bonds. The Bertz CT molecular complexity index is 1030. The van der Waals surface area contributed by atoms with Crippen LogP contribution in [0.5, 0.6) is 0 Å². The van der Waals surface area contributed by atoms with E-state index in [1.165, 1.54) is 0 Å². The summed E-state index contributed by atoms with van der Waals surface area (Å²) in [6.07, 6.45) is 1.82. The summed E-state index contributed by atoms with van der Waals surface area (Å²) in [6, 6.07) is 30.6. The Hall–Kier alpha value is -2.74. The molecule has 0 aliphatic rings. The van der Waals surface area contributed by atoms with Crippen molar-refractivity contribution in [2.45, 2.75) is 0 Å². The first kappa shape index (κ1) is 17.1.